The van der Waals surface area contributed by atoms with Crippen molar-refractivity contribution in [2.24, 2.45) is 0 Å². The second-order valence-electron chi connectivity index (χ2n) is 7.58. The molecule has 0 saturated carbocycles. The van der Waals surface area contributed by atoms with Crippen LogP contribution in [0.15, 0.2) is 78.9 Å². The molecule has 0 fully saturated rings. The first-order chi connectivity index (χ1) is 13.2. The second kappa shape index (κ2) is 5.17. The first-order valence-corrected chi connectivity index (χ1v) is 9.46. The number of hydrogen-bond donors (Lipinski definition) is 0. The zero-order valence-electron chi connectivity index (χ0n) is 15.5. The lowest BCUT2D eigenvalue weighted by molar-refractivity contribution is 1.18. The van der Waals surface area contributed by atoms with Crippen molar-refractivity contribution in [1.82, 2.24) is 0 Å². The van der Waals surface area contributed by atoms with E-state index in [1.165, 1.54) is 49.9 Å². The van der Waals surface area contributed by atoms with E-state index in [9.17, 15) is 0 Å². The SMILES string of the molecule is CN1c2ccccc2B2c3cc4ccccc4cc3N(C)c3cccc1c32. The Morgan fingerprint density at radius 2 is 1.15 bits per heavy atom. The highest BCUT2D eigenvalue weighted by Gasteiger charge is 2.40. The summed E-state index contributed by atoms with van der Waals surface area (Å²) in [5, 5.41) is 2.60. The summed E-state index contributed by atoms with van der Waals surface area (Å²) in [5.41, 5.74) is 9.44. The standard InChI is InChI=1S/C24H19BN2/c1-26-20-11-6-5-10-18(20)25-19-14-16-8-3-4-9-17(16)15-23(19)27(2)22-13-7-12-21(26)24(22)25/h3-15H,1-2H3. The van der Waals surface area contributed by atoms with Gasteiger partial charge in [-0.15, -0.1) is 0 Å². The van der Waals surface area contributed by atoms with Gasteiger partial charge in [0.15, 0.2) is 0 Å². The zero-order valence-corrected chi connectivity index (χ0v) is 15.5. The van der Waals surface area contributed by atoms with E-state index in [-0.39, 0.29) is 6.71 Å². The number of nitrogens with zero attached hydrogens (tertiary/aromatic N) is 2. The van der Waals surface area contributed by atoms with Crippen molar-refractivity contribution in [2.45, 2.75) is 0 Å². The minimum atomic E-state index is 0.277. The molecule has 0 spiro atoms. The van der Waals surface area contributed by atoms with Crippen LogP contribution in [0.25, 0.3) is 10.8 Å². The largest absolute Gasteiger partial charge is 0.345 e. The quantitative estimate of drug-likeness (QED) is 0.450. The second-order valence-corrected chi connectivity index (χ2v) is 7.58. The van der Waals surface area contributed by atoms with Crippen LogP contribution < -0.4 is 26.2 Å². The average molecular weight is 346 g/mol. The smallest absolute Gasteiger partial charge is 0.252 e. The molecule has 0 radical (unpaired) electrons. The average Bonchev–Trinajstić information content (AvgIpc) is 2.72. The molecule has 128 valence electrons. The third-order valence-corrected chi connectivity index (χ3v) is 6.25. The van der Waals surface area contributed by atoms with Gasteiger partial charge in [-0.3, -0.25) is 0 Å². The van der Waals surface area contributed by atoms with Gasteiger partial charge in [0.1, 0.15) is 0 Å². The highest BCUT2D eigenvalue weighted by atomic mass is 15.1. The molecule has 2 aliphatic rings. The predicted octanol–water partition coefficient (Wildman–Crippen LogP) is 3.52. The molecule has 27 heavy (non-hydrogen) atoms. The lowest BCUT2D eigenvalue weighted by Gasteiger charge is -2.42. The van der Waals surface area contributed by atoms with Gasteiger partial charge >= 0.3 is 0 Å². The number of para-hydroxylation sites is 1. The van der Waals surface area contributed by atoms with E-state index in [2.05, 4.69) is 103 Å². The normalized spacial score (nSPS) is 14.1. The minimum absolute atomic E-state index is 0.277. The summed E-state index contributed by atoms with van der Waals surface area (Å²) in [5.74, 6) is 0. The molecule has 4 aromatic carbocycles. The molecule has 3 heteroatoms. The van der Waals surface area contributed by atoms with Crippen LogP contribution in [0.5, 0.6) is 0 Å². The summed E-state index contributed by atoms with van der Waals surface area (Å²) in [6, 6.07) is 28.9. The first-order valence-electron chi connectivity index (χ1n) is 9.46. The van der Waals surface area contributed by atoms with E-state index in [1.54, 1.807) is 0 Å². The van der Waals surface area contributed by atoms with Crippen LogP contribution >= 0.6 is 0 Å². The van der Waals surface area contributed by atoms with Crippen molar-refractivity contribution in [1.29, 1.82) is 0 Å². The Balaban J connectivity index is 1.75. The Bertz CT molecular complexity index is 1230. The molecule has 2 aliphatic heterocycles. The van der Waals surface area contributed by atoms with E-state index in [1.807, 2.05) is 0 Å². The molecule has 4 aromatic rings. The third kappa shape index (κ3) is 1.86. The Labute approximate surface area is 159 Å². The molecule has 2 heterocycles. The lowest BCUT2D eigenvalue weighted by atomic mass is 9.33. The van der Waals surface area contributed by atoms with Crippen molar-refractivity contribution >= 4 is 56.6 Å². The number of anilines is 4. The molecule has 0 aromatic heterocycles. The van der Waals surface area contributed by atoms with Crippen LogP contribution in [0.4, 0.5) is 22.7 Å². The monoisotopic (exact) mass is 346 g/mol. The number of hydrogen-bond acceptors (Lipinski definition) is 2. The highest BCUT2D eigenvalue weighted by Crippen LogP contribution is 2.36. The number of rotatable bonds is 0. The first kappa shape index (κ1) is 14.9. The van der Waals surface area contributed by atoms with Crippen molar-refractivity contribution in [3.8, 4) is 0 Å². The number of benzene rings is 4. The molecule has 6 rings (SSSR count). The summed E-state index contributed by atoms with van der Waals surface area (Å²) >= 11 is 0. The van der Waals surface area contributed by atoms with E-state index in [0.717, 1.165) is 0 Å². The molecule has 0 unspecified atom stereocenters. The molecule has 0 saturated heterocycles. The van der Waals surface area contributed by atoms with Crippen LogP contribution in [0.2, 0.25) is 0 Å². The van der Waals surface area contributed by atoms with Gasteiger partial charge < -0.3 is 9.80 Å². The highest BCUT2D eigenvalue weighted by molar-refractivity contribution is 7.00. The summed E-state index contributed by atoms with van der Waals surface area (Å²) in [6.45, 7) is 0.277. The Hall–Kier alpha value is -3.20. The summed E-state index contributed by atoms with van der Waals surface area (Å²) in [4.78, 5) is 4.70. The van der Waals surface area contributed by atoms with E-state index < -0.39 is 0 Å². The van der Waals surface area contributed by atoms with Crippen molar-refractivity contribution < 1.29 is 0 Å². The molecule has 0 atom stereocenters. The fourth-order valence-electron chi connectivity index (χ4n) is 4.96. The van der Waals surface area contributed by atoms with Crippen LogP contribution in [0.1, 0.15) is 0 Å². The Kier molecular flexibility index (Phi) is 2.86. The van der Waals surface area contributed by atoms with Gasteiger partial charge in [0.25, 0.3) is 6.71 Å². The van der Waals surface area contributed by atoms with Crippen LogP contribution in [0, 0.1) is 0 Å². The summed E-state index contributed by atoms with van der Waals surface area (Å²) in [7, 11) is 4.38. The van der Waals surface area contributed by atoms with Crippen molar-refractivity contribution in [2.75, 3.05) is 23.9 Å². The molecule has 0 amide bonds. The van der Waals surface area contributed by atoms with Gasteiger partial charge in [0.2, 0.25) is 0 Å². The van der Waals surface area contributed by atoms with E-state index in [4.69, 9.17) is 0 Å². The van der Waals surface area contributed by atoms with Gasteiger partial charge in [0, 0.05) is 36.8 Å². The fourth-order valence-corrected chi connectivity index (χ4v) is 4.96. The third-order valence-electron chi connectivity index (χ3n) is 6.25. The fraction of sp³-hybridized carbons (Fsp3) is 0.0833. The van der Waals surface area contributed by atoms with Crippen LogP contribution in [-0.4, -0.2) is 20.8 Å². The lowest BCUT2D eigenvalue weighted by Crippen LogP contribution is -2.61. The van der Waals surface area contributed by atoms with E-state index >= 15 is 0 Å². The topological polar surface area (TPSA) is 6.48 Å². The van der Waals surface area contributed by atoms with Gasteiger partial charge in [0.05, 0.1) is 0 Å². The van der Waals surface area contributed by atoms with Crippen LogP contribution in [0.3, 0.4) is 0 Å². The molecular weight excluding hydrogens is 327 g/mol. The number of fused-ring (bicyclic) bond motifs is 5. The molecule has 0 aliphatic carbocycles. The van der Waals surface area contributed by atoms with Gasteiger partial charge in [-0.1, -0.05) is 54.6 Å². The molecular formula is C24H19BN2. The predicted molar refractivity (Wildman–Crippen MR) is 118 cm³/mol. The van der Waals surface area contributed by atoms with E-state index in [0.29, 0.717) is 0 Å². The molecule has 0 N–H and O–H groups in total. The molecule has 0 bridgehead atoms. The van der Waals surface area contributed by atoms with Gasteiger partial charge in [-0.25, -0.2) is 0 Å². The maximum Gasteiger partial charge on any atom is 0.252 e. The van der Waals surface area contributed by atoms with Crippen molar-refractivity contribution in [3.05, 3.63) is 78.9 Å². The summed E-state index contributed by atoms with van der Waals surface area (Å²) in [6.07, 6.45) is 0. The van der Waals surface area contributed by atoms with Crippen LogP contribution in [-0.2, 0) is 0 Å². The summed E-state index contributed by atoms with van der Waals surface area (Å²) < 4.78 is 0. The zero-order chi connectivity index (χ0) is 18.1. The molecule has 2 nitrogen and oxygen atoms in total. The van der Waals surface area contributed by atoms with Crippen molar-refractivity contribution in [3.63, 3.8) is 0 Å². The van der Waals surface area contributed by atoms with Gasteiger partial charge in [-0.2, -0.15) is 0 Å². The van der Waals surface area contributed by atoms with Gasteiger partial charge in [-0.05, 0) is 51.4 Å². The Morgan fingerprint density at radius 3 is 1.93 bits per heavy atom. The Morgan fingerprint density at radius 1 is 0.556 bits per heavy atom. The maximum atomic E-state index is 2.40. The minimum Gasteiger partial charge on any atom is -0.345 e. The maximum absolute atomic E-state index is 2.40.